The van der Waals surface area contributed by atoms with Gasteiger partial charge in [0.05, 0.1) is 0 Å². The summed E-state index contributed by atoms with van der Waals surface area (Å²) in [6.07, 6.45) is 3.99. The number of carbonyl (C=O) groups is 1. The van der Waals surface area contributed by atoms with Crippen molar-refractivity contribution in [2.75, 3.05) is 18.5 Å². The molecule has 1 aromatic carbocycles. The molecule has 4 heteroatoms. The first-order chi connectivity index (χ1) is 9.08. The molecule has 0 aromatic heterocycles. The van der Waals surface area contributed by atoms with Crippen molar-refractivity contribution >= 4 is 11.7 Å². The van der Waals surface area contributed by atoms with Crippen LogP contribution in [0.15, 0.2) is 30.9 Å². The molecular formula is C15H23N3O. The lowest BCUT2D eigenvalue weighted by molar-refractivity contribution is 0.248. The topological polar surface area (TPSA) is 58.4 Å². The lowest BCUT2D eigenvalue weighted by Crippen LogP contribution is -2.28. The number of nitrogens with one attached hydrogen (secondary N) is 1. The minimum Gasteiger partial charge on any atom is -0.371 e. The van der Waals surface area contributed by atoms with Crippen LogP contribution in [0, 0.1) is 0 Å². The number of hydrogen-bond acceptors (Lipinski definition) is 2. The van der Waals surface area contributed by atoms with Crippen LogP contribution in [0.3, 0.4) is 0 Å². The Hall–Kier alpha value is -1.97. The number of aryl methyl sites for hydroxylation is 1. The highest BCUT2D eigenvalue weighted by atomic mass is 16.2. The van der Waals surface area contributed by atoms with Crippen LogP contribution in [-0.4, -0.2) is 19.6 Å². The maximum atomic E-state index is 10.7. The van der Waals surface area contributed by atoms with Gasteiger partial charge in [0, 0.05) is 25.8 Å². The van der Waals surface area contributed by atoms with Crippen LogP contribution in [0.5, 0.6) is 0 Å². The molecule has 3 N–H and O–H groups in total. The van der Waals surface area contributed by atoms with E-state index in [0.29, 0.717) is 6.54 Å². The van der Waals surface area contributed by atoms with E-state index in [-0.39, 0.29) is 0 Å². The zero-order valence-corrected chi connectivity index (χ0v) is 11.8. The molecule has 19 heavy (non-hydrogen) atoms. The fourth-order valence-electron chi connectivity index (χ4n) is 2.07. The van der Waals surface area contributed by atoms with Crippen LogP contribution in [0.4, 0.5) is 10.5 Å². The van der Waals surface area contributed by atoms with E-state index >= 15 is 0 Å². The van der Waals surface area contributed by atoms with Gasteiger partial charge in [0.2, 0.25) is 0 Å². The maximum absolute atomic E-state index is 10.7. The molecule has 1 aromatic rings. The van der Waals surface area contributed by atoms with Crippen molar-refractivity contribution in [3.8, 4) is 0 Å². The highest BCUT2D eigenvalue weighted by Gasteiger charge is 2.07. The summed E-state index contributed by atoms with van der Waals surface area (Å²) in [7, 11) is 2.05. The van der Waals surface area contributed by atoms with Gasteiger partial charge in [-0.15, -0.1) is 6.58 Å². The molecule has 0 aliphatic carbocycles. The Morgan fingerprint density at radius 3 is 2.84 bits per heavy atom. The van der Waals surface area contributed by atoms with Crippen LogP contribution in [0.25, 0.3) is 0 Å². The number of rotatable bonds is 7. The van der Waals surface area contributed by atoms with Gasteiger partial charge in [-0.2, -0.15) is 0 Å². The van der Waals surface area contributed by atoms with Gasteiger partial charge in [0.15, 0.2) is 0 Å². The number of carbonyl (C=O) groups excluding carboxylic acids is 1. The number of likely N-dealkylation sites (N-methyl/N-ethyl adjacent to an activating group) is 1. The first-order valence-corrected chi connectivity index (χ1v) is 6.55. The Bertz CT molecular complexity index is 443. The van der Waals surface area contributed by atoms with Crippen molar-refractivity contribution in [2.24, 2.45) is 5.73 Å². The Kier molecular flexibility index (Phi) is 5.93. The van der Waals surface area contributed by atoms with Crippen LogP contribution >= 0.6 is 0 Å². The predicted molar refractivity (Wildman–Crippen MR) is 80.3 cm³/mol. The quantitative estimate of drug-likeness (QED) is 0.741. The normalized spacial score (nSPS) is 10.0. The van der Waals surface area contributed by atoms with Crippen molar-refractivity contribution < 1.29 is 4.79 Å². The van der Waals surface area contributed by atoms with E-state index in [2.05, 4.69) is 42.9 Å². The van der Waals surface area contributed by atoms with Gasteiger partial charge in [-0.05, 0) is 23.6 Å². The number of nitrogens with zero attached hydrogens (tertiary/aromatic N) is 1. The summed E-state index contributed by atoms with van der Waals surface area (Å²) in [6.45, 7) is 7.21. The van der Waals surface area contributed by atoms with E-state index in [9.17, 15) is 4.79 Å². The Labute approximate surface area is 115 Å². The van der Waals surface area contributed by atoms with E-state index in [0.717, 1.165) is 24.9 Å². The van der Waals surface area contributed by atoms with Crippen molar-refractivity contribution in [1.29, 1.82) is 0 Å². The highest BCUT2D eigenvalue weighted by Crippen LogP contribution is 2.22. The molecule has 0 aliphatic heterocycles. The highest BCUT2D eigenvalue weighted by molar-refractivity contribution is 5.71. The van der Waals surface area contributed by atoms with E-state index < -0.39 is 6.03 Å². The summed E-state index contributed by atoms with van der Waals surface area (Å²) in [5.41, 5.74) is 8.65. The summed E-state index contributed by atoms with van der Waals surface area (Å²) in [5.74, 6) is 0. The van der Waals surface area contributed by atoms with Gasteiger partial charge in [0.1, 0.15) is 0 Å². The number of hydrogen-bond donors (Lipinski definition) is 2. The van der Waals surface area contributed by atoms with Crippen LogP contribution in [0.1, 0.15) is 24.5 Å². The van der Waals surface area contributed by atoms with Gasteiger partial charge in [-0.1, -0.05) is 31.6 Å². The van der Waals surface area contributed by atoms with Gasteiger partial charge in [-0.3, -0.25) is 0 Å². The average molecular weight is 261 g/mol. The van der Waals surface area contributed by atoms with E-state index in [1.54, 1.807) is 0 Å². The second kappa shape index (κ2) is 7.46. The number of anilines is 1. The summed E-state index contributed by atoms with van der Waals surface area (Å²) in [5, 5.41) is 2.61. The third-order valence-corrected chi connectivity index (χ3v) is 2.94. The van der Waals surface area contributed by atoms with E-state index in [1.165, 1.54) is 11.3 Å². The lowest BCUT2D eigenvalue weighted by Gasteiger charge is -2.21. The third-order valence-electron chi connectivity index (χ3n) is 2.94. The summed E-state index contributed by atoms with van der Waals surface area (Å²) in [4.78, 5) is 12.9. The predicted octanol–water partition coefficient (Wildman–Crippen LogP) is 2.43. The van der Waals surface area contributed by atoms with Crippen molar-refractivity contribution in [3.63, 3.8) is 0 Å². The molecule has 0 fully saturated rings. The third kappa shape index (κ3) is 4.66. The van der Waals surface area contributed by atoms with Gasteiger partial charge in [0.25, 0.3) is 0 Å². The number of primary amides is 1. The zero-order chi connectivity index (χ0) is 14.3. The monoisotopic (exact) mass is 261 g/mol. The Morgan fingerprint density at radius 1 is 1.53 bits per heavy atom. The first-order valence-electron chi connectivity index (χ1n) is 6.55. The summed E-state index contributed by atoms with van der Waals surface area (Å²) >= 11 is 0. The molecule has 0 aliphatic rings. The summed E-state index contributed by atoms with van der Waals surface area (Å²) < 4.78 is 0. The fraction of sp³-hybridized carbons (Fsp3) is 0.400. The number of urea groups is 1. The van der Waals surface area contributed by atoms with E-state index in [4.69, 9.17) is 5.73 Å². The molecule has 104 valence electrons. The largest absolute Gasteiger partial charge is 0.371 e. The molecule has 0 atom stereocenters. The van der Waals surface area contributed by atoms with Crippen molar-refractivity contribution in [3.05, 3.63) is 42.0 Å². The number of benzene rings is 1. The maximum Gasteiger partial charge on any atom is 0.312 e. The smallest absolute Gasteiger partial charge is 0.312 e. The molecule has 0 saturated carbocycles. The molecule has 0 radical (unpaired) electrons. The second-order valence-corrected chi connectivity index (χ2v) is 4.60. The second-order valence-electron chi connectivity index (χ2n) is 4.60. The SMILES string of the molecule is C=CCN(C)c1ccc(CNC(N)=O)cc1CCC. The standard InChI is InChI=1S/C15H23N3O/c1-4-6-13-10-12(11-17-15(16)19)7-8-14(13)18(3)9-5-2/h5,7-8,10H,2,4,6,9,11H2,1,3H3,(H3,16,17,19). The van der Waals surface area contributed by atoms with Gasteiger partial charge >= 0.3 is 6.03 Å². The molecule has 0 saturated heterocycles. The molecule has 0 heterocycles. The fourth-order valence-corrected chi connectivity index (χ4v) is 2.07. The molecule has 0 bridgehead atoms. The average Bonchev–Trinajstić information content (AvgIpc) is 2.37. The van der Waals surface area contributed by atoms with Gasteiger partial charge in [-0.25, -0.2) is 4.79 Å². The molecule has 0 spiro atoms. The zero-order valence-electron chi connectivity index (χ0n) is 11.8. The van der Waals surface area contributed by atoms with E-state index in [1.807, 2.05) is 12.1 Å². The lowest BCUT2D eigenvalue weighted by atomic mass is 10.0. The van der Waals surface area contributed by atoms with Crippen LogP contribution in [0.2, 0.25) is 0 Å². The Morgan fingerprint density at radius 2 is 2.26 bits per heavy atom. The minimum absolute atomic E-state index is 0.470. The summed E-state index contributed by atoms with van der Waals surface area (Å²) in [6, 6.07) is 5.75. The van der Waals surface area contributed by atoms with Crippen molar-refractivity contribution in [1.82, 2.24) is 5.32 Å². The van der Waals surface area contributed by atoms with Gasteiger partial charge < -0.3 is 16.0 Å². The minimum atomic E-state index is -0.495. The van der Waals surface area contributed by atoms with Crippen LogP contribution in [-0.2, 0) is 13.0 Å². The number of amides is 2. The Balaban J connectivity index is 2.92. The molecule has 4 nitrogen and oxygen atoms in total. The molecule has 1 rings (SSSR count). The molecular weight excluding hydrogens is 238 g/mol. The molecule has 0 unspecified atom stereocenters. The first kappa shape index (κ1) is 15.1. The van der Waals surface area contributed by atoms with Crippen molar-refractivity contribution in [2.45, 2.75) is 26.3 Å². The van der Waals surface area contributed by atoms with Crippen LogP contribution < -0.4 is 16.0 Å². The number of nitrogens with two attached hydrogens (primary N) is 1. The molecule has 2 amide bonds.